The first-order chi connectivity index (χ1) is 16.7. The lowest BCUT2D eigenvalue weighted by atomic mass is 10.1. The molecule has 2 aliphatic rings. The molecule has 2 heterocycles. The van der Waals surface area contributed by atoms with Crippen LogP contribution < -0.4 is 10.0 Å². The molecule has 0 bridgehead atoms. The molecule has 0 unspecified atom stereocenters. The van der Waals surface area contributed by atoms with E-state index in [1.54, 1.807) is 0 Å². The van der Waals surface area contributed by atoms with Crippen LogP contribution in [0.3, 0.4) is 0 Å². The number of anilines is 1. The molecule has 5 rings (SSSR count). The first-order valence-electron chi connectivity index (χ1n) is 11.9. The molecular formula is C24H31N5O5S. The number of aliphatic hydroxyl groups excluding tert-OH is 1. The number of ether oxygens (including phenoxy) is 1. The van der Waals surface area contributed by atoms with Gasteiger partial charge in [0.2, 0.25) is 0 Å². The van der Waals surface area contributed by atoms with E-state index in [9.17, 15) is 13.5 Å². The second kappa shape index (κ2) is 9.47. The number of benzene rings is 1. The van der Waals surface area contributed by atoms with Gasteiger partial charge >= 0.3 is 10.3 Å². The van der Waals surface area contributed by atoms with E-state index in [1.807, 2.05) is 42.8 Å². The van der Waals surface area contributed by atoms with Crippen molar-refractivity contribution < 1.29 is 22.8 Å². The Morgan fingerprint density at radius 1 is 1.20 bits per heavy atom. The second-order valence-corrected chi connectivity index (χ2v) is 10.9. The number of fused-ring (bicyclic) bond motifs is 2. The van der Waals surface area contributed by atoms with Gasteiger partial charge < -0.3 is 19.7 Å². The topological polar surface area (TPSA) is 139 Å². The Balaban J connectivity index is 1.39. The van der Waals surface area contributed by atoms with Crippen molar-refractivity contribution in [3.63, 3.8) is 0 Å². The summed E-state index contributed by atoms with van der Waals surface area (Å²) in [5, 5.41) is 15.0. The zero-order chi connectivity index (χ0) is 24.7. The molecule has 0 spiro atoms. The Kier molecular flexibility index (Phi) is 6.53. The Hall–Kier alpha value is -2.57. The molecule has 0 aliphatic heterocycles. The summed E-state index contributed by atoms with van der Waals surface area (Å²) in [6, 6.07) is 10.2. The summed E-state index contributed by atoms with van der Waals surface area (Å²) >= 11 is 0. The van der Waals surface area contributed by atoms with Gasteiger partial charge in [-0.15, -0.1) is 0 Å². The number of aromatic nitrogens is 3. The Labute approximate surface area is 204 Å². The fourth-order valence-electron chi connectivity index (χ4n) is 5.47. The summed E-state index contributed by atoms with van der Waals surface area (Å²) in [5.74, 6) is 0.415. The van der Waals surface area contributed by atoms with Crippen LogP contribution in [0, 0.1) is 5.92 Å². The van der Waals surface area contributed by atoms with Crippen molar-refractivity contribution in [2.24, 2.45) is 5.92 Å². The monoisotopic (exact) mass is 501 g/mol. The van der Waals surface area contributed by atoms with Gasteiger partial charge in [0.05, 0.1) is 29.7 Å². The molecule has 1 fully saturated rings. The van der Waals surface area contributed by atoms with Gasteiger partial charge in [0.15, 0.2) is 0 Å². The normalized spacial score (nSPS) is 26.5. The summed E-state index contributed by atoms with van der Waals surface area (Å²) in [7, 11) is -4.30. The third-order valence-corrected chi connectivity index (χ3v) is 7.52. The molecule has 3 aromatic rings. The van der Waals surface area contributed by atoms with Crippen LogP contribution in [0.5, 0.6) is 0 Å². The van der Waals surface area contributed by atoms with E-state index in [0.29, 0.717) is 12.8 Å². The Morgan fingerprint density at radius 2 is 2.00 bits per heavy atom. The molecule has 4 N–H and O–H groups in total. The number of hydrogen-bond acceptors (Lipinski definition) is 7. The van der Waals surface area contributed by atoms with Crippen molar-refractivity contribution in [3.8, 4) is 0 Å². The predicted molar refractivity (Wildman–Crippen MR) is 131 cm³/mol. The van der Waals surface area contributed by atoms with Crippen molar-refractivity contribution in [2.75, 3.05) is 11.9 Å². The average Bonchev–Trinajstić information content (AvgIpc) is 3.47. The highest BCUT2D eigenvalue weighted by molar-refractivity contribution is 7.83. The van der Waals surface area contributed by atoms with E-state index in [1.165, 1.54) is 17.5 Å². The van der Waals surface area contributed by atoms with E-state index in [2.05, 4.69) is 32.1 Å². The van der Waals surface area contributed by atoms with Gasteiger partial charge in [-0.1, -0.05) is 24.3 Å². The smallest absolute Gasteiger partial charge is 0.333 e. The fraction of sp³-hybridized carbons (Fsp3) is 0.500. The SMILES string of the molecule is CC(C)O[C@H]1Cc2ccccc2[C@H]1Nc1ncnc2c1ccn2[C@@H]1C[C@@H](CNS(=O)(=O)O)[C@@H](O)C1. The molecule has 188 valence electrons. The third-order valence-electron chi connectivity index (χ3n) is 6.99. The average molecular weight is 502 g/mol. The zero-order valence-electron chi connectivity index (χ0n) is 19.7. The molecule has 0 amide bonds. The molecule has 10 nitrogen and oxygen atoms in total. The molecule has 2 aliphatic carbocycles. The molecule has 0 saturated heterocycles. The van der Waals surface area contributed by atoms with E-state index in [-0.39, 0.29) is 36.8 Å². The van der Waals surface area contributed by atoms with Gasteiger partial charge in [-0.3, -0.25) is 4.55 Å². The predicted octanol–water partition coefficient (Wildman–Crippen LogP) is 2.64. The lowest BCUT2D eigenvalue weighted by Gasteiger charge is -2.25. The number of aliphatic hydroxyl groups is 1. The fourth-order valence-corrected chi connectivity index (χ4v) is 5.89. The molecule has 1 saturated carbocycles. The maximum absolute atomic E-state index is 11.0. The first kappa shape index (κ1) is 24.1. The quantitative estimate of drug-likeness (QED) is 0.346. The van der Waals surface area contributed by atoms with Crippen molar-refractivity contribution >= 4 is 27.2 Å². The van der Waals surface area contributed by atoms with Crippen LogP contribution in [0.2, 0.25) is 0 Å². The van der Waals surface area contributed by atoms with Crippen LogP contribution >= 0.6 is 0 Å². The molecular weight excluding hydrogens is 470 g/mol. The minimum absolute atomic E-state index is 0.0134. The maximum Gasteiger partial charge on any atom is 0.333 e. The molecule has 1 aromatic carbocycles. The summed E-state index contributed by atoms with van der Waals surface area (Å²) in [5.41, 5.74) is 3.22. The molecule has 11 heteroatoms. The van der Waals surface area contributed by atoms with E-state index in [4.69, 9.17) is 9.29 Å². The van der Waals surface area contributed by atoms with Crippen LogP contribution in [-0.2, 0) is 21.5 Å². The maximum atomic E-state index is 11.0. The van der Waals surface area contributed by atoms with Crippen molar-refractivity contribution in [3.05, 3.63) is 54.0 Å². The first-order valence-corrected chi connectivity index (χ1v) is 13.3. The summed E-state index contributed by atoms with van der Waals surface area (Å²) in [6.45, 7) is 4.06. The van der Waals surface area contributed by atoms with Gasteiger partial charge in [-0.25, -0.2) is 9.97 Å². The van der Waals surface area contributed by atoms with Gasteiger partial charge in [0, 0.05) is 31.1 Å². The highest BCUT2D eigenvalue weighted by atomic mass is 32.2. The standard InChI is InChI=1S/C24H31N5O5S/c1-14(2)34-21-10-15-5-3-4-6-18(15)22(21)28-23-19-7-8-29(24(19)26-13-25-23)17-9-16(20(30)11-17)12-27-35(31,32)33/h3-8,13-14,16-17,20-22,27,30H,9-12H2,1-2H3,(H,25,26,28)(H,31,32,33)/t16-,17+,20-,21-,22+/m0/s1. The van der Waals surface area contributed by atoms with Crippen LogP contribution in [0.1, 0.15) is 49.9 Å². The largest absolute Gasteiger partial charge is 0.393 e. The summed E-state index contributed by atoms with van der Waals surface area (Å²) in [6.07, 6.45) is 4.72. The number of nitrogens with zero attached hydrogens (tertiary/aromatic N) is 3. The van der Waals surface area contributed by atoms with Gasteiger partial charge in [-0.2, -0.15) is 13.1 Å². The second-order valence-electron chi connectivity index (χ2n) is 9.71. The molecule has 35 heavy (non-hydrogen) atoms. The van der Waals surface area contributed by atoms with Crippen molar-refractivity contribution in [1.82, 2.24) is 19.3 Å². The Morgan fingerprint density at radius 3 is 2.77 bits per heavy atom. The van der Waals surface area contributed by atoms with Gasteiger partial charge in [-0.05, 0) is 43.9 Å². The minimum atomic E-state index is -4.30. The van der Waals surface area contributed by atoms with E-state index in [0.717, 1.165) is 23.3 Å². The van der Waals surface area contributed by atoms with Crippen LogP contribution in [-0.4, -0.2) is 57.5 Å². The molecule has 5 atom stereocenters. The number of rotatable bonds is 8. The number of nitrogens with one attached hydrogen (secondary N) is 2. The number of hydrogen-bond donors (Lipinski definition) is 4. The highest BCUT2D eigenvalue weighted by Crippen LogP contribution is 2.39. The lowest BCUT2D eigenvalue weighted by Crippen LogP contribution is -2.31. The van der Waals surface area contributed by atoms with Gasteiger partial charge in [0.25, 0.3) is 0 Å². The molecule has 2 aromatic heterocycles. The van der Waals surface area contributed by atoms with Crippen molar-refractivity contribution in [1.29, 1.82) is 0 Å². The summed E-state index contributed by atoms with van der Waals surface area (Å²) in [4.78, 5) is 9.05. The van der Waals surface area contributed by atoms with E-state index < -0.39 is 16.4 Å². The Bertz CT molecular complexity index is 1310. The highest BCUT2D eigenvalue weighted by Gasteiger charge is 2.36. The van der Waals surface area contributed by atoms with Crippen LogP contribution in [0.25, 0.3) is 11.0 Å². The minimum Gasteiger partial charge on any atom is -0.393 e. The third kappa shape index (κ3) is 5.05. The van der Waals surface area contributed by atoms with Crippen LogP contribution in [0.15, 0.2) is 42.9 Å². The lowest BCUT2D eigenvalue weighted by molar-refractivity contribution is 0.00375. The van der Waals surface area contributed by atoms with Crippen LogP contribution in [0.4, 0.5) is 5.82 Å². The summed E-state index contributed by atoms with van der Waals surface area (Å²) < 4.78 is 41.4. The molecule has 0 radical (unpaired) electrons. The van der Waals surface area contributed by atoms with Crippen molar-refractivity contribution in [2.45, 2.75) is 63.5 Å². The van der Waals surface area contributed by atoms with Gasteiger partial charge in [0.1, 0.15) is 17.8 Å². The van der Waals surface area contributed by atoms with E-state index >= 15 is 0 Å². The zero-order valence-corrected chi connectivity index (χ0v) is 20.5.